The first-order valence-electron chi connectivity index (χ1n) is 9.32. The quantitative estimate of drug-likeness (QED) is 0.402. The van der Waals surface area contributed by atoms with Gasteiger partial charge in [0.15, 0.2) is 6.19 Å². The first-order valence-corrected chi connectivity index (χ1v) is 9.32. The minimum atomic E-state index is -4.76. The largest absolute Gasteiger partial charge is 0.573 e. The molecule has 0 aliphatic carbocycles. The Morgan fingerprint density at radius 3 is 1.91 bits per heavy atom. The Labute approximate surface area is 179 Å². The first-order chi connectivity index (χ1) is 15.3. The summed E-state index contributed by atoms with van der Waals surface area (Å²) < 4.78 is 69.1. The highest BCUT2D eigenvalue weighted by atomic mass is 19.4. The molecule has 0 saturated carbocycles. The number of hydrogen-bond acceptors (Lipinski definition) is 4. The molecule has 162 valence electrons. The summed E-state index contributed by atoms with van der Waals surface area (Å²) in [5.41, 5.74) is 2.14. The van der Waals surface area contributed by atoms with Crippen molar-refractivity contribution in [3.63, 3.8) is 0 Å². The maximum atomic E-state index is 14.2. The fourth-order valence-electron chi connectivity index (χ4n) is 3.44. The van der Waals surface area contributed by atoms with Crippen LogP contribution in [0.25, 0.3) is 16.8 Å². The Balaban J connectivity index is 1.55. The van der Waals surface area contributed by atoms with Crippen molar-refractivity contribution in [2.75, 3.05) is 0 Å². The van der Waals surface area contributed by atoms with Crippen molar-refractivity contribution < 1.29 is 26.7 Å². The minimum Gasteiger partial charge on any atom is -0.406 e. The molecule has 1 aliphatic rings. The molecule has 4 rings (SSSR count). The van der Waals surface area contributed by atoms with Crippen molar-refractivity contribution in [3.8, 4) is 23.1 Å². The van der Waals surface area contributed by atoms with Crippen LogP contribution in [-0.2, 0) is 0 Å². The summed E-state index contributed by atoms with van der Waals surface area (Å²) in [6, 6.07) is 15.7. The lowest BCUT2D eigenvalue weighted by Crippen LogP contribution is -2.26. The SMILES string of the molecule is N#CN1C(c2ccc(-c3ccc(OC(F)(F)F)cc3)cc2)=CNC1c1c(F)cccc1F. The van der Waals surface area contributed by atoms with E-state index in [1.165, 1.54) is 41.4 Å². The molecule has 4 nitrogen and oxygen atoms in total. The molecule has 9 heteroatoms. The van der Waals surface area contributed by atoms with Gasteiger partial charge in [-0.3, -0.25) is 4.90 Å². The first kappa shape index (κ1) is 21.2. The van der Waals surface area contributed by atoms with Crippen LogP contribution in [0.5, 0.6) is 5.75 Å². The summed E-state index contributed by atoms with van der Waals surface area (Å²) in [4.78, 5) is 1.17. The highest BCUT2D eigenvalue weighted by Gasteiger charge is 2.32. The van der Waals surface area contributed by atoms with Gasteiger partial charge in [0.25, 0.3) is 0 Å². The lowest BCUT2D eigenvalue weighted by molar-refractivity contribution is -0.274. The van der Waals surface area contributed by atoms with Gasteiger partial charge in [0, 0.05) is 11.8 Å². The van der Waals surface area contributed by atoms with Crippen LogP contribution in [-0.4, -0.2) is 11.3 Å². The molecule has 0 aromatic heterocycles. The van der Waals surface area contributed by atoms with Crippen LogP contribution in [0.3, 0.4) is 0 Å². The molecule has 0 bridgehead atoms. The van der Waals surface area contributed by atoms with Crippen molar-refractivity contribution in [1.82, 2.24) is 10.2 Å². The van der Waals surface area contributed by atoms with Gasteiger partial charge in [-0.15, -0.1) is 13.2 Å². The van der Waals surface area contributed by atoms with Crippen LogP contribution < -0.4 is 10.1 Å². The van der Waals surface area contributed by atoms with Crippen molar-refractivity contribution in [2.45, 2.75) is 12.5 Å². The molecular formula is C23H14F5N3O. The molecule has 0 amide bonds. The number of nitrogens with zero attached hydrogens (tertiary/aromatic N) is 2. The normalized spacial score (nSPS) is 15.7. The Morgan fingerprint density at radius 1 is 0.844 bits per heavy atom. The molecule has 1 heterocycles. The molecular weight excluding hydrogens is 429 g/mol. The Hall–Kier alpha value is -4.06. The van der Waals surface area contributed by atoms with Gasteiger partial charge >= 0.3 is 6.36 Å². The van der Waals surface area contributed by atoms with E-state index in [9.17, 15) is 27.2 Å². The van der Waals surface area contributed by atoms with Crippen molar-refractivity contribution >= 4 is 5.70 Å². The molecule has 32 heavy (non-hydrogen) atoms. The third-order valence-corrected chi connectivity index (χ3v) is 4.88. The Kier molecular flexibility index (Phi) is 5.45. The van der Waals surface area contributed by atoms with E-state index < -0.39 is 24.2 Å². The molecule has 0 spiro atoms. The highest BCUT2D eigenvalue weighted by molar-refractivity contribution is 5.72. The van der Waals surface area contributed by atoms with E-state index in [1.54, 1.807) is 24.3 Å². The zero-order valence-corrected chi connectivity index (χ0v) is 16.2. The molecule has 1 aliphatic heterocycles. The molecule has 1 N–H and O–H groups in total. The number of alkyl halides is 3. The third kappa shape index (κ3) is 4.21. The highest BCUT2D eigenvalue weighted by Crippen LogP contribution is 2.35. The number of halogens is 5. The second kappa shape index (κ2) is 8.23. The van der Waals surface area contributed by atoms with Gasteiger partial charge in [-0.2, -0.15) is 5.26 Å². The zero-order chi connectivity index (χ0) is 22.9. The van der Waals surface area contributed by atoms with E-state index in [-0.39, 0.29) is 11.3 Å². The van der Waals surface area contributed by atoms with Gasteiger partial charge in [0.1, 0.15) is 23.5 Å². The van der Waals surface area contributed by atoms with E-state index in [0.29, 0.717) is 16.8 Å². The molecule has 1 atom stereocenters. The van der Waals surface area contributed by atoms with Crippen molar-refractivity contribution in [2.24, 2.45) is 0 Å². The van der Waals surface area contributed by atoms with Crippen LogP contribution in [0.15, 0.2) is 72.9 Å². The Bertz CT molecular complexity index is 1180. The number of nitrogens with one attached hydrogen (secondary N) is 1. The Morgan fingerprint density at radius 2 is 1.38 bits per heavy atom. The van der Waals surface area contributed by atoms with E-state index in [2.05, 4.69) is 10.1 Å². The molecule has 0 saturated heterocycles. The van der Waals surface area contributed by atoms with E-state index in [4.69, 9.17) is 0 Å². The van der Waals surface area contributed by atoms with Crippen LogP contribution in [0, 0.1) is 23.1 Å². The average Bonchev–Trinajstić information content (AvgIpc) is 3.17. The van der Waals surface area contributed by atoms with Gasteiger partial charge in [-0.1, -0.05) is 42.5 Å². The van der Waals surface area contributed by atoms with Gasteiger partial charge in [-0.25, -0.2) is 8.78 Å². The predicted molar refractivity (Wildman–Crippen MR) is 106 cm³/mol. The molecule has 3 aromatic rings. The van der Waals surface area contributed by atoms with Crippen LogP contribution in [0.4, 0.5) is 22.0 Å². The monoisotopic (exact) mass is 443 g/mol. The maximum absolute atomic E-state index is 14.2. The lowest BCUT2D eigenvalue weighted by Gasteiger charge is -2.23. The summed E-state index contributed by atoms with van der Waals surface area (Å²) in [5.74, 6) is -1.87. The smallest absolute Gasteiger partial charge is 0.406 e. The molecule has 1 unspecified atom stereocenters. The summed E-state index contributed by atoms with van der Waals surface area (Å²) in [6.07, 6.45) is -2.34. The van der Waals surface area contributed by atoms with Gasteiger partial charge < -0.3 is 10.1 Å². The fraction of sp³-hybridized carbons (Fsp3) is 0.0870. The second-order valence-electron chi connectivity index (χ2n) is 6.85. The van der Waals surface area contributed by atoms with Gasteiger partial charge in [0.2, 0.25) is 0 Å². The van der Waals surface area contributed by atoms with Crippen LogP contribution in [0.2, 0.25) is 0 Å². The lowest BCUT2D eigenvalue weighted by atomic mass is 10.0. The van der Waals surface area contributed by atoms with E-state index in [0.717, 1.165) is 17.7 Å². The maximum Gasteiger partial charge on any atom is 0.573 e. The second-order valence-corrected chi connectivity index (χ2v) is 6.85. The van der Waals surface area contributed by atoms with Crippen LogP contribution in [0.1, 0.15) is 17.3 Å². The summed E-state index contributed by atoms with van der Waals surface area (Å²) >= 11 is 0. The molecule has 3 aromatic carbocycles. The van der Waals surface area contributed by atoms with Gasteiger partial charge in [-0.05, 0) is 35.4 Å². The number of ether oxygens (including phenoxy) is 1. The van der Waals surface area contributed by atoms with Crippen molar-refractivity contribution in [3.05, 3.63) is 95.7 Å². The van der Waals surface area contributed by atoms with Crippen molar-refractivity contribution in [1.29, 1.82) is 5.26 Å². The summed E-state index contributed by atoms with van der Waals surface area (Å²) in [6.45, 7) is 0. The molecule has 0 fully saturated rings. The van der Waals surface area contributed by atoms with Crippen LogP contribution >= 0.6 is 0 Å². The topological polar surface area (TPSA) is 48.3 Å². The summed E-state index contributed by atoms with van der Waals surface area (Å²) in [5, 5.41) is 12.4. The standard InChI is InChI=1S/C23H14F5N3O/c24-18-2-1-3-19(25)21(18)22-30-12-20(31(22)13-29)16-6-4-14(5-7-16)15-8-10-17(11-9-15)32-23(26,27)28/h1-12,22,30H. The molecule has 0 radical (unpaired) electrons. The van der Waals surface area contributed by atoms with Gasteiger partial charge in [0.05, 0.1) is 11.3 Å². The van der Waals surface area contributed by atoms with E-state index >= 15 is 0 Å². The average molecular weight is 443 g/mol. The number of hydrogen-bond donors (Lipinski definition) is 1. The third-order valence-electron chi connectivity index (χ3n) is 4.88. The number of benzene rings is 3. The predicted octanol–water partition coefficient (Wildman–Crippen LogP) is 5.91. The fourth-order valence-corrected chi connectivity index (χ4v) is 3.44. The minimum absolute atomic E-state index is 0.266. The number of rotatable bonds is 4. The van der Waals surface area contributed by atoms with E-state index in [1.807, 2.05) is 6.19 Å². The summed E-state index contributed by atoms with van der Waals surface area (Å²) in [7, 11) is 0. The number of nitriles is 1. The zero-order valence-electron chi connectivity index (χ0n) is 16.2.